The molecule has 0 amide bonds. The summed E-state index contributed by atoms with van der Waals surface area (Å²) < 4.78 is 22.5. The summed E-state index contributed by atoms with van der Waals surface area (Å²) in [6.45, 7) is 11.1. The lowest BCUT2D eigenvalue weighted by Gasteiger charge is -2.29. The first-order chi connectivity index (χ1) is 12.5. The molecule has 3 aliphatic heterocycles. The summed E-state index contributed by atoms with van der Waals surface area (Å²) in [7, 11) is 0. The van der Waals surface area contributed by atoms with Crippen molar-refractivity contribution in [3.8, 4) is 0 Å². The van der Waals surface area contributed by atoms with Gasteiger partial charge >= 0.3 is 11.9 Å². The van der Waals surface area contributed by atoms with Gasteiger partial charge in [-0.2, -0.15) is 0 Å². The zero-order valence-corrected chi connectivity index (χ0v) is 16.1. The van der Waals surface area contributed by atoms with Crippen LogP contribution >= 0.6 is 0 Å². The molecule has 148 valence electrons. The quantitative estimate of drug-likeness (QED) is 0.336. The molecule has 3 saturated heterocycles. The van der Waals surface area contributed by atoms with Crippen LogP contribution in [-0.4, -0.2) is 58.8 Å². The van der Waals surface area contributed by atoms with Gasteiger partial charge in [-0.25, -0.2) is 9.59 Å². The zero-order chi connectivity index (χ0) is 19.7. The molecule has 0 unspecified atom stereocenters. The molecule has 0 aromatic heterocycles. The minimum atomic E-state index is -0.956. The molecule has 0 bridgehead atoms. The smallest absolute Gasteiger partial charge is 0.341 e. The van der Waals surface area contributed by atoms with Crippen LogP contribution in [0, 0.1) is 5.92 Å². The van der Waals surface area contributed by atoms with Gasteiger partial charge in [-0.15, -0.1) is 0 Å². The molecule has 4 rings (SSSR count). The fraction of sp³-hybridized carbons (Fsp3) is 0.700. The summed E-state index contributed by atoms with van der Waals surface area (Å²) in [5, 5.41) is 10.4. The van der Waals surface area contributed by atoms with Gasteiger partial charge in [0.1, 0.15) is 12.2 Å². The van der Waals surface area contributed by atoms with Crippen LogP contribution in [0.1, 0.15) is 40.5 Å². The van der Waals surface area contributed by atoms with Crippen molar-refractivity contribution < 1.29 is 33.6 Å². The van der Waals surface area contributed by atoms with Crippen LogP contribution in [0.15, 0.2) is 23.8 Å². The molecule has 4 aliphatic rings. The van der Waals surface area contributed by atoms with E-state index in [9.17, 15) is 14.7 Å². The van der Waals surface area contributed by atoms with Crippen molar-refractivity contribution in [2.45, 2.75) is 82.3 Å². The summed E-state index contributed by atoms with van der Waals surface area (Å²) in [4.78, 5) is 24.9. The van der Waals surface area contributed by atoms with Crippen molar-refractivity contribution in [2.24, 2.45) is 5.92 Å². The Morgan fingerprint density at radius 1 is 1.37 bits per heavy atom. The number of carbonyl (C=O) groups excluding carboxylic acids is 2. The highest BCUT2D eigenvalue weighted by atomic mass is 16.7. The van der Waals surface area contributed by atoms with E-state index in [0.717, 1.165) is 0 Å². The van der Waals surface area contributed by atoms with E-state index in [1.807, 2.05) is 13.8 Å². The van der Waals surface area contributed by atoms with Crippen LogP contribution in [0.4, 0.5) is 0 Å². The van der Waals surface area contributed by atoms with Crippen LogP contribution in [0.5, 0.6) is 0 Å². The first-order valence-electron chi connectivity index (χ1n) is 9.38. The molecule has 0 spiro atoms. The van der Waals surface area contributed by atoms with Crippen molar-refractivity contribution in [2.75, 3.05) is 0 Å². The van der Waals surface area contributed by atoms with Gasteiger partial charge in [0.25, 0.3) is 0 Å². The molecule has 1 aliphatic carbocycles. The number of rotatable bonds is 2. The lowest BCUT2D eigenvalue weighted by molar-refractivity contribution is -0.159. The van der Waals surface area contributed by atoms with Gasteiger partial charge in [-0.1, -0.05) is 6.58 Å². The zero-order valence-electron chi connectivity index (χ0n) is 16.1. The Labute approximate surface area is 158 Å². The Hall–Kier alpha value is -1.70. The average Bonchev–Trinajstić information content (AvgIpc) is 3.37. The first kappa shape index (κ1) is 18.7. The van der Waals surface area contributed by atoms with Gasteiger partial charge in [0.05, 0.1) is 29.8 Å². The van der Waals surface area contributed by atoms with Gasteiger partial charge in [-0.05, 0) is 39.3 Å². The Morgan fingerprint density at radius 2 is 2.04 bits per heavy atom. The number of epoxide rings is 2. The molecule has 7 heteroatoms. The number of hydrogen-bond acceptors (Lipinski definition) is 7. The molecule has 7 nitrogen and oxygen atoms in total. The van der Waals surface area contributed by atoms with Crippen molar-refractivity contribution in [3.63, 3.8) is 0 Å². The van der Waals surface area contributed by atoms with Crippen LogP contribution in [0.3, 0.4) is 0 Å². The van der Waals surface area contributed by atoms with Crippen molar-refractivity contribution in [1.29, 1.82) is 0 Å². The van der Waals surface area contributed by atoms with Gasteiger partial charge in [0.2, 0.25) is 0 Å². The third kappa shape index (κ3) is 3.02. The third-order valence-electron chi connectivity index (χ3n) is 6.50. The fourth-order valence-corrected chi connectivity index (χ4v) is 4.15. The normalized spacial score (nSPS) is 50.6. The van der Waals surface area contributed by atoms with Gasteiger partial charge in [0, 0.05) is 18.4 Å². The SMILES string of the molecule is C=C1C(=O)O[C@@H]2/C=C(/C)[C@@H](O)C[C@H]3O[C@@]3(C)C[C@@H](OC(=O)[C@@]3(C)O[C@@H]3C)[C@@H]12. The second kappa shape index (κ2) is 5.90. The predicted molar refractivity (Wildman–Crippen MR) is 93.6 cm³/mol. The first-order valence-corrected chi connectivity index (χ1v) is 9.38. The Bertz CT molecular complexity index is 743. The van der Waals surface area contributed by atoms with Crippen LogP contribution in [-0.2, 0) is 28.5 Å². The number of ether oxygens (including phenoxy) is 4. The molecule has 1 N–H and O–H groups in total. The highest BCUT2D eigenvalue weighted by Crippen LogP contribution is 2.48. The topological polar surface area (TPSA) is 97.9 Å². The summed E-state index contributed by atoms with van der Waals surface area (Å²) in [6, 6.07) is 0. The number of fused-ring (bicyclic) bond motifs is 2. The lowest BCUT2D eigenvalue weighted by atomic mass is 9.82. The van der Waals surface area contributed by atoms with Crippen molar-refractivity contribution in [1.82, 2.24) is 0 Å². The predicted octanol–water partition coefficient (Wildman–Crippen LogP) is 1.43. The lowest BCUT2D eigenvalue weighted by Crippen LogP contribution is -2.40. The van der Waals surface area contributed by atoms with E-state index in [1.165, 1.54) is 0 Å². The van der Waals surface area contributed by atoms with Gasteiger partial charge < -0.3 is 24.1 Å². The molecule has 0 radical (unpaired) electrons. The fourth-order valence-electron chi connectivity index (χ4n) is 4.15. The molecule has 0 saturated carbocycles. The minimum absolute atomic E-state index is 0.133. The molecule has 0 aromatic carbocycles. The molecule has 0 aromatic rings. The van der Waals surface area contributed by atoms with Gasteiger partial charge in [0.15, 0.2) is 5.60 Å². The van der Waals surface area contributed by atoms with Gasteiger partial charge in [-0.3, -0.25) is 0 Å². The van der Waals surface area contributed by atoms with Crippen molar-refractivity contribution in [3.05, 3.63) is 23.8 Å². The molecule has 3 heterocycles. The molecule has 8 atom stereocenters. The van der Waals surface area contributed by atoms with E-state index >= 15 is 0 Å². The number of esters is 2. The number of aliphatic hydroxyl groups is 1. The Balaban J connectivity index is 1.67. The summed E-state index contributed by atoms with van der Waals surface area (Å²) in [6.07, 6.45) is 0.284. The number of aliphatic hydroxyl groups excluding tert-OH is 1. The number of hydrogen-bond donors (Lipinski definition) is 1. The van der Waals surface area contributed by atoms with E-state index < -0.39 is 47.4 Å². The minimum Gasteiger partial charge on any atom is -0.459 e. The van der Waals surface area contributed by atoms with E-state index in [1.54, 1.807) is 19.9 Å². The summed E-state index contributed by atoms with van der Waals surface area (Å²) in [5.74, 6) is -1.49. The van der Waals surface area contributed by atoms with E-state index in [4.69, 9.17) is 18.9 Å². The largest absolute Gasteiger partial charge is 0.459 e. The highest BCUT2D eigenvalue weighted by molar-refractivity contribution is 5.91. The maximum absolute atomic E-state index is 12.7. The maximum atomic E-state index is 12.7. The molecular formula is C20H26O7. The molecule has 3 fully saturated rings. The maximum Gasteiger partial charge on any atom is 0.341 e. The van der Waals surface area contributed by atoms with E-state index in [0.29, 0.717) is 18.4 Å². The van der Waals surface area contributed by atoms with Crippen molar-refractivity contribution >= 4 is 11.9 Å². The van der Waals surface area contributed by atoms with Crippen LogP contribution in [0.25, 0.3) is 0 Å². The van der Waals surface area contributed by atoms with Crippen LogP contribution in [0.2, 0.25) is 0 Å². The third-order valence-corrected chi connectivity index (χ3v) is 6.50. The summed E-state index contributed by atoms with van der Waals surface area (Å²) in [5.41, 5.74) is -0.518. The summed E-state index contributed by atoms with van der Waals surface area (Å²) >= 11 is 0. The Kier molecular flexibility index (Phi) is 4.07. The molecular weight excluding hydrogens is 352 g/mol. The second-order valence-electron chi connectivity index (χ2n) is 8.52. The van der Waals surface area contributed by atoms with E-state index in [2.05, 4.69) is 6.58 Å². The monoisotopic (exact) mass is 378 g/mol. The van der Waals surface area contributed by atoms with E-state index in [-0.39, 0.29) is 17.8 Å². The molecule has 27 heavy (non-hydrogen) atoms. The average molecular weight is 378 g/mol. The van der Waals surface area contributed by atoms with Crippen LogP contribution < -0.4 is 0 Å². The standard InChI is InChI=1S/C20H26O7/c1-9-6-13-16(10(2)17(22)24-13)14(25-18(23)20(5)11(3)26-20)8-19(4)15(27-19)7-12(9)21/h6,11-16,21H,2,7-8H2,1,3-5H3/b9-6-/t11-,12+,13-,14-,15-,16+,19+,20+/m1/s1. The second-order valence-corrected chi connectivity index (χ2v) is 8.52. The highest BCUT2D eigenvalue weighted by Gasteiger charge is 2.61. The number of carbonyl (C=O) groups is 2. The Morgan fingerprint density at radius 3 is 2.67 bits per heavy atom.